The van der Waals surface area contributed by atoms with Gasteiger partial charge in [-0.05, 0) is 51.2 Å². The first-order valence-electron chi connectivity index (χ1n) is 9.25. The van der Waals surface area contributed by atoms with Gasteiger partial charge in [-0.3, -0.25) is 0 Å². The molecule has 132 valence electrons. The van der Waals surface area contributed by atoms with Gasteiger partial charge in [0.05, 0.1) is 5.69 Å². The molecular formula is C18H29N5O. The number of aromatic nitrogens is 2. The van der Waals surface area contributed by atoms with Crippen LogP contribution in [-0.4, -0.2) is 41.4 Å². The molecule has 6 nitrogen and oxygen atoms in total. The van der Waals surface area contributed by atoms with E-state index in [-0.39, 0.29) is 12.1 Å². The first-order chi connectivity index (χ1) is 11.6. The largest absolute Gasteiger partial charge is 0.355 e. The number of rotatable bonds is 3. The number of urea groups is 1. The summed E-state index contributed by atoms with van der Waals surface area (Å²) in [6, 6.07) is 2.73. The van der Waals surface area contributed by atoms with Crippen molar-refractivity contribution in [2.24, 2.45) is 0 Å². The number of carbonyl (C=O) groups excluding carboxylic acids is 1. The standard InChI is InChI=1S/C18H29N5O/c1-13-12-17(22-21-14(13)2)23-10-8-16(9-11-23)20-18(24)19-15-6-4-3-5-7-15/h12,15-16H,3-11H2,1-2H3,(H2,19,20,24). The lowest BCUT2D eigenvalue weighted by Crippen LogP contribution is -2.50. The van der Waals surface area contributed by atoms with Gasteiger partial charge in [0.2, 0.25) is 0 Å². The first kappa shape index (κ1) is 17.0. The fraction of sp³-hybridized carbons (Fsp3) is 0.722. The van der Waals surface area contributed by atoms with Crippen molar-refractivity contribution in [3.05, 3.63) is 17.3 Å². The molecule has 6 heteroatoms. The number of carbonyl (C=O) groups is 1. The van der Waals surface area contributed by atoms with Crippen LogP contribution in [0.3, 0.4) is 0 Å². The van der Waals surface area contributed by atoms with Crippen molar-refractivity contribution in [2.45, 2.75) is 70.9 Å². The van der Waals surface area contributed by atoms with Crippen LogP contribution in [0.25, 0.3) is 0 Å². The Hall–Kier alpha value is -1.85. The van der Waals surface area contributed by atoms with Crippen LogP contribution in [0.2, 0.25) is 0 Å². The van der Waals surface area contributed by atoms with Crippen LogP contribution in [0, 0.1) is 13.8 Å². The molecule has 1 aliphatic heterocycles. The zero-order chi connectivity index (χ0) is 16.9. The molecule has 1 aromatic heterocycles. The summed E-state index contributed by atoms with van der Waals surface area (Å²) in [7, 11) is 0. The molecule has 0 radical (unpaired) electrons. The SMILES string of the molecule is Cc1cc(N2CCC(NC(=O)NC3CCCCC3)CC2)nnc1C. The number of nitrogens with zero attached hydrogens (tertiary/aromatic N) is 3. The third-order valence-electron chi connectivity index (χ3n) is 5.31. The molecule has 1 saturated heterocycles. The Kier molecular flexibility index (Phi) is 5.53. The van der Waals surface area contributed by atoms with Gasteiger partial charge in [-0.15, -0.1) is 5.10 Å². The van der Waals surface area contributed by atoms with Gasteiger partial charge in [-0.25, -0.2) is 4.79 Å². The summed E-state index contributed by atoms with van der Waals surface area (Å²) >= 11 is 0. The average Bonchev–Trinajstić information content (AvgIpc) is 2.59. The van der Waals surface area contributed by atoms with Gasteiger partial charge < -0.3 is 15.5 Å². The van der Waals surface area contributed by atoms with Crippen molar-refractivity contribution in [2.75, 3.05) is 18.0 Å². The number of hydrogen-bond donors (Lipinski definition) is 2. The second kappa shape index (κ2) is 7.81. The third kappa shape index (κ3) is 4.36. The maximum Gasteiger partial charge on any atom is 0.315 e. The number of piperidine rings is 1. The number of anilines is 1. The second-order valence-corrected chi connectivity index (χ2v) is 7.19. The van der Waals surface area contributed by atoms with E-state index in [0.29, 0.717) is 6.04 Å². The zero-order valence-electron chi connectivity index (χ0n) is 14.8. The summed E-state index contributed by atoms with van der Waals surface area (Å²) in [6.45, 7) is 5.86. The molecule has 2 aliphatic rings. The molecular weight excluding hydrogens is 302 g/mol. The van der Waals surface area contributed by atoms with E-state index in [1.165, 1.54) is 24.8 Å². The molecule has 2 heterocycles. The highest BCUT2D eigenvalue weighted by Gasteiger charge is 2.23. The summed E-state index contributed by atoms with van der Waals surface area (Å²) in [6.07, 6.45) is 7.92. The van der Waals surface area contributed by atoms with E-state index >= 15 is 0 Å². The Morgan fingerprint density at radius 1 is 1.00 bits per heavy atom. The molecule has 0 spiro atoms. The van der Waals surface area contributed by atoms with Gasteiger partial charge >= 0.3 is 6.03 Å². The molecule has 0 unspecified atom stereocenters. The van der Waals surface area contributed by atoms with Gasteiger partial charge in [0.15, 0.2) is 5.82 Å². The Labute approximate surface area is 144 Å². The Bertz CT molecular complexity index is 563. The van der Waals surface area contributed by atoms with E-state index in [9.17, 15) is 4.79 Å². The minimum Gasteiger partial charge on any atom is -0.355 e. The molecule has 0 atom stereocenters. The summed E-state index contributed by atoms with van der Waals surface area (Å²) in [5.41, 5.74) is 2.15. The van der Waals surface area contributed by atoms with Gasteiger partial charge in [0.25, 0.3) is 0 Å². The monoisotopic (exact) mass is 331 g/mol. The van der Waals surface area contributed by atoms with E-state index in [1.807, 2.05) is 6.92 Å². The highest BCUT2D eigenvalue weighted by atomic mass is 16.2. The van der Waals surface area contributed by atoms with Crippen LogP contribution in [0.15, 0.2) is 6.07 Å². The molecule has 1 saturated carbocycles. The summed E-state index contributed by atoms with van der Waals surface area (Å²) in [5, 5.41) is 14.8. The van der Waals surface area contributed by atoms with Gasteiger partial charge in [0.1, 0.15) is 0 Å². The maximum atomic E-state index is 12.2. The predicted molar refractivity (Wildman–Crippen MR) is 95.3 cm³/mol. The van der Waals surface area contributed by atoms with E-state index < -0.39 is 0 Å². The van der Waals surface area contributed by atoms with Crippen molar-refractivity contribution >= 4 is 11.8 Å². The van der Waals surface area contributed by atoms with Crippen LogP contribution in [-0.2, 0) is 0 Å². The molecule has 24 heavy (non-hydrogen) atoms. The Balaban J connectivity index is 1.44. The highest BCUT2D eigenvalue weighted by Crippen LogP contribution is 2.20. The third-order valence-corrected chi connectivity index (χ3v) is 5.31. The van der Waals surface area contributed by atoms with Crippen LogP contribution >= 0.6 is 0 Å². The fourth-order valence-corrected chi connectivity index (χ4v) is 3.60. The molecule has 3 rings (SSSR count). The number of aryl methyl sites for hydroxylation is 2. The van der Waals surface area contributed by atoms with Crippen molar-refractivity contribution in [1.29, 1.82) is 0 Å². The Morgan fingerprint density at radius 2 is 1.62 bits per heavy atom. The van der Waals surface area contributed by atoms with E-state index in [4.69, 9.17) is 0 Å². The van der Waals surface area contributed by atoms with E-state index in [2.05, 4.69) is 38.7 Å². The second-order valence-electron chi connectivity index (χ2n) is 7.19. The average molecular weight is 331 g/mol. The number of amides is 2. The minimum atomic E-state index is 0.00585. The van der Waals surface area contributed by atoms with Crippen molar-refractivity contribution in [1.82, 2.24) is 20.8 Å². The first-order valence-corrected chi connectivity index (χ1v) is 9.25. The molecule has 2 fully saturated rings. The van der Waals surface area contributed by atoms with Crippen molar-refractivity contribution in [3.63, 3.8) is 0 Å². The van der Waals surface area contributed by atoms with Crippen LogP contribution in [0.1, 0.15) is 56.2 Å². The maximum absolute atomic E-state index is 12.2. The van der Waals surface area contributed by atoms with Gasteiger partial charge in [0, 0.05) is 25.2 Å². The molecule has 2 amide bonds. The normalized spacial score (nSPS) is 20.0. The van der Waals surface area contributed by atoms with Crippen LogP contribution < -0.4 is 15.5 Å². The van der Waals surface area contributed by atoms with Crippen LogP contribution in [0.5, 0.6) is 0 Å². The molecule has 1 aromatic rings. The highest BCUT2D eigenvalue weighted by molar-refractivity contribution is 5.74. The van der Waals surface area contributed by atoms with E-state index in [0.717, 1.165) is 50.3 Å². The van der Waals surface area contributed by atoms with Crippen LogP contribution in [0.4, 0.5) is 10.6 Å². The lowest BCUT2D eigenvalue weighted by Gasteiger charge is -2.33. The topological polar surface area (TPSA) is 70.2 Å². The quantitative estimate of drug-likeness (QED) is 0.893. The van der Waals surface area contributed by atoms with Crippen molar-refractivity contribution < 1.29 is 4.79 Å². The van der Waals surface area contributed by atoms with Crippen molar-refractivity contribution in [3.8, 4) is 0 Å². The summed E-state index contributed by atoms with van der Waals surface area (Å²) in [5.74, 6) is 0.947. The molecule has 1 aliphatic carbocycles. The van der Waals surface area contributed by atoms with Gasteiger partial charge in [-0.1, -0.05) is 19.3 Å². The minimum absolute atomic E-state index is 0.00585. The van der Waals surface area contributed by atoms with E-state index in [1.54, 1.807) is 0 Å². The summed E-state index contributed by atoms with van der Waals surface area (Å²) in [4.78, 5) is 14.4. The zero-order valence-corrected chi connectivity index (χ0v) is 14.8. The molecule has 2 N–H and O–H groups in total. The smallest absolute Gasteiger partial charge is 0.315 e. The fourth-order valence-electron chi connectivity index (χ4n) is 3.60. The number of nitrogens with one attached hydrogen (secondary N) is 2. The lowest BCUT2D eigenvalue weighted by molar-refractivity contribution is 0.226. The predicted octanol–water partition coefficient (Wildman–Crippen LogP) is 2.69. The number of hydrogen-bond acceptors (Lipinski definition) is 4. The Morgan fingerprint density at radius 3 is 2.25 bits per heavy atom. The summed E-state index contributed by atoms with van der Waals surface area (Å²) < 4.78 is 0. The lowest BCUT2D eigenvalue weighted by atomic mass is 9.96. The molecule has 0 bridgehead atoms. The molecule has 0 aromatic carbocycles. The van der Waals surface area contributed by atoms with Gasteiger partial charge in [-0.2, -0.15) is 5.10 Å².